The minimum absolute atomic E-state index is 0.210. The molecule has 1 aliphatic rings. The van der Waals surface area contributed by atoms with Crippen molar-refractivity contribution in [1.82, 2.24) is 4.90 Å². The van der Waals surface area contributed by atoms with Crippen LogP contribution in [0.1, 0.15) is 32.3 Å². The SMILES string of the molecule is COc1ccc(C)cc1NC(=O)[C@H]1CCCN1C(=O)OCC(C)C. The van der Waals surface area contributed by atoms with Gasteiger partial charge in [-0.15, -0.1) is 0 Å². The Morgan fingerprint density at radius 3 is 2.79 bits per heavy atom. The van der Waals surface area contributed by atoms with E-state index in [4.69, 9.17) is 9.47 Å². The van der Waals surface area contributed by atoms with Crippen LogP contribution < -0.4 is 10.1 Å². The van der Waals surface area contributed by atoms with E-state index in [1.807, 2.05) is 39.0 Å². The predicted octanol–water partition coefficient (Wildman–Crippen LogP) is 3.20. The third-order valence-corrected chi connectivity index (χ3v) is 3.94. The Bertz CT molecular complexity index is 601. The summed E-state index contributed by atoms with van der Waals surface area (Å²) < 4.78 is 10.5. The highest BCUT2D eigenvalue weighted by molar-refractivity contribution is 5.98. The number of benzene rings is 1. The first kappa shape index (κ1) is 18.1. The molecule has 24 heavy (non-hydrogen) atoms. The number of hydrogen-bond donors (Lipinski definition) is 1. The summed E-state index contributed by atoms with van der Waals surface area (Å²) in [7, 11) is 1.56. The zero-order chi connectivity index (χ0) is 17.7. The fourth-order valence-electron chi connectivity index (χ4n) is 2.71. The highest BCUT2D eigenvalue weighted by Gasteiger charge is 2.35. The van der Waals surface area contributed by atoms with Gasteiger partial charge in [0.25, 0.3) is 0 Å². The van der Waals surface area contributed by atoms with Crippen LogP contribution in [0.25, 0.3) is 0 Å². The molecular weight excluding hydrogens is 308 g/mol. The number of aryl methyl sites for hydroxylation is 1. The Morgan fingerprint density at radius 2 is 2.12 bits per heavy atom. The Kier molecular flexibility index (Phi) is 6.06. The molecule has 1 aromatic rings. The van der Waals surface area contributed by atoms with Crippen molar-refractivity contribution in [2.24, 2.45) is 5.92 Å². The molecular formula is C18H26N2O4. The zero-order valence-corrected chi connectivity index (χ0v) is 14.8. The number of rotatable bonds is 5. The molecule has 1 aliphatic heterocycles. The number of amides is 2. The second kappa shape index (κ2) is 8.04. The van der Waals surface area contributed by atoms with Gasteiger partial charge in [0.15, 0.2) is 0 Å². The van der Waals surface area contributed by atoms with Gasteiger partial charge in [-0.05, 0) is 43.4 Å². The van der Waals surface area contributed by atoms with E-state index < -0.39 is 12.1 Å². The van der Waals surface area contributed by atoms with Gasteiger partial charge in [0, 0.05) is 6.54 Å². The van der Waals surface area contributed by atoms with Crippen LogP contribution >= 0.6 is 0 Å². The summed E-state index contributed by atoms with van der Waals surface area (Å²) in [4.78, 5) is 26.3. The number of carbonyl (C=O) groups excluding carboxylic acids is 2. The first-order valence-corrected chi connectivity index (χ1v) is 8.31. The molecule has 6 nitrogen and oxygen atoms in total. The first-order valence-electron chi connectivity index (χ1n) is 8.31. The van der Waals surface area contributed by atoms with Gasteiger partial charge in [-0.2, -0.15) is 0 Å². The summed E-state index contributed by atoms with van der Waals surface area (Å²) in [5.41, 5.74) is 1.63. The molecule has 2 amide bonds. The fourth-order valence-corrected chi connectivity index (χ4v) is 2.71. The average Bonchev–Trinajstić information content (AvgIpc) is 3.02. The smallest absolute Gasteiger partial charge is 0.410 e. The van der Waals surface area contributed by atoms with E-state index in [0.29, 0.717) is 31.0 Å². The van der Waals surface area contributed by atoms with Crippen molar-refractivity contribution in [1.29, 1.82) is 0 Å². The summed E-state index contributed by atoms with van der Waals surface area (Å²) in [6, 6.07) is 5.08. The molecule has 1 atom stereocenters. The van der Waals surface area contributed by atoms with Crippen LogP contribution in [0.5, 0.6) is 5.75 Å². The number of nitrogens with zero attached hydrogens (tertiary/aromatic N) is 1. The van der Waals surface area contributed by atoms with Crippen LogP contribution in [0.3, 0.4) is 0 Å². The molecule has 0 unspecified atom stereocenters. The Balaban J connectivity index is 2.05. The van der Waals surface area contributed by atoms with Crippen LogP contribution in [0, 0.1) is 12.8 Å². The van der Waals surface area contributed by atoms with Crippen LogP contribution in [-0.4, -0.2) is 43.2 Å². The number of ether oxygens (including phenoxy) is 2. The largest absolute Gasteiger partial charge is 0.495 e. The van der Waals surface area contributed by atoms with Crippen molar-refractivity contribution in [2.45, 2.75) is 39.7 Å². The van der Waals surface area contributed by atoms with Crippen molar-refractivity contribution < 1.29 is 19.1 Å². The second-order valence-electron chi connectivity index (χ2n) is 6.52. The number of likely N-dealkylation sites (tertiary alicyclic amines) is 1. The number of carbonyl (C=O) groups is 2. The molecule has 1 fully saturated rings. The maximum absolute atomic E-state index is 12.6. The van der Waals surface area contributed by atoms with Crippen molar-refractivity contribution in [3.05, 3.63) is 23.8 Å². The number of methoxy groups -OCH3 is 1. The van der Waals surface area contributed by atoms with E-state index in [-0.39, 0.29) is 11.8 Å². The zero-order valence-electron chi connectivity index (χ0n) is 14.8. The van der Waals surface area contributed by atoms with Gasteiger partial charge in [-0.3, -0.25) is 9.69 Å². The van der Waals surface area contributed by atoms with Crippen molar-refractivity contribution >= 4 is 17.7 Å². The third-order valence-electron chi connectivity index (χ3n) is 3.94. The number of hydrogen-bond acceptors (Lipinski definition) is 4. The van der Waals surface area contributed by atoms with Crippen LogP contribution in [0.2, 0.25) is 0 Å². The summed E-state index contributed by atoms with van der Waals surface area (Å²) in [6.07, 6.45) is 1.01. The molecule has 0 aliphatic carbocycles. The van der Waals surface area contributed by atoms with Crippen molar-refractivity contribution in [3.63, 3.8) is 0 Å². The summed E-state index contributed by atoms with van der Waals surface area (Å²) in [5, 5.41) is 2.88. The van der Waals surface area contributed by atoms with E-state index in [9.17, 15) is 9.59 Å². The lowest BCUT2D eigenvalue weighted by Crippen LogP contribution is -2.43. The molecule has 0 aromatic heterocycles. The monoisotopic (exact) mass is 334 g/mol. The van der Waals surface area contributed by atoms with Gasteiger partial charge in [-0.1, -0.05) is 19.9 Å². The van der Waals surface area contributed by atoms with Gasteiger partial charge in [0.2, 0.25) is 5.91 Å². The van der Waals surface area contributed by atoms with Crippen LogP contribution in [-0.2, 0) is 9.53 Å². The van der Waals surface area contributed by atoms with E-state index in [0.717, 1.165) is 12.0 Å². The van der Waals surface area contributed by atoms with Gasteiger partial charge in [0.05, 0.1) is 19.4 Å². The molecule has 1 aromatic carbocycles. The molecule has 0 radical (unpaired) electrons. The molecule has 1 saturated heterocycles. The predicted molar refractivity (Wildman–Crippen MR) is 92.3 cm³/mol. The van der Waals surface area contributed by atoms with Crippen molar-refractivity contribution in [2.75, 3.05) is 25.6 Å². The van der Waals surface area contributed by atoms with E-state index >= 15 is 0 Å². The average molecular weight is 334 g/mol. The Morgan fingerprint density at radius 1 is 1.38 bits per heavy atom. The van der Waals surface area contributed by atoms with E-state index in [1.165, 1.54) is 4.90 Å². The van der Waals surface area contributed by atoms with Gasteiger partial charge in [0.1, 0.15) is 11.8 Å². The van der Waals surface area contributed by atoms with Crippen LogP contribution in [0.15, 0.2) is 18.2 Å². The normalized spacial score (nSPS) is 17.0. The number of nitrogens with one attached hydrogen (secondary N) is 1. The Labute approximate surface area is 143 Å². The van der Waals surface area contributed by atoms with E-state index in [1.54, 1.807) is 7.11 Å². The fraction of sp³-hybridized carbons (Fsp3) is 0.556. The number of anilines is 1. The summed E-state index contributed by atoms with van der Waals surface area (Å²) >= 11 is 0. The van der Waals surface area contributed by atoms with Gasteiger partial charge in [-0.25, -0.2) is 4.79 Å². The quantitative estimate of drug-likeness (QED) is 0.898. The first-order chi connectivity index (χ1) is 11.4. The topological polar surface area (TPSA) is 67.9 Å². The maximum atomic E-state index is 12.6. The summed E-state index contributed by atoms with van der Waals surface area (Å²) in [6.45, 7) is 6.80. The standard InChI is InChI=1S/C18H26N2O4/c1-12(2)11-24-18(22)20-9-5-6-15(20)17(21)19-14-10-13(3)7-8-16(14)23-4/h7-8,10,12,15H,5-6,9,11H2,1-4H3,(H,19,21)/t15-/m1/s1. The lowest BCUT2D eigenvalue weighted by atomic mass is 10.1. The second-order valence-corrected chi connectivity index (χ2v) is 6.52. The molecule has 0 spiro atoms. The molecule has 1 N–H and O–H groups in total. The molecule has 0 saturated carbocycles. The summed E-state index contributed by atoms with van der Waals surface area (Å²) in [5.74, 6) is 0.652. The molecule has 0 bridgehead atoms. The molecule has 132 valence electrons. The minimum Gasteiger partial charge on any atom is -0.495 e. The van der Waals surface area contributed by atoms with Crippen LogP contribution in [0.4, 0.5) is 10.5 Å². The molecule has 6 heteroatoms. The molecule has 2 rings (SSSR count). The molecule has 1 heterocycles. The highest BCUT2D eigenvalue weighted by atomic mass is 16.6. The third kappa shape index (κ3) is 4.40. The van der Waals surface area contributed by atoms with Crippen molar-refractivity contribution in [3.8, 4) is 5.75 Å². The van der Waals surface area contributed by atoms with Gasteiger partial charge >= 0.3 is 6.09 Å². The highest BCUT2D eigenvalue weighted by Crippen LogP contribution is 2.27. The lowest BCUT2D eigenvalue weighted by molar-refractivity contribution is -0.120. The minimum atomic E-state index is -0.505. The maximum Gasteiger partial charge on any atom is 0.410 e. The van der Waals surface area contributed by atoms with Gasteiger partial charge < -0.3 is 14.8 Å². The Hall–Kier alpha value is -2.24. The lowest BCUT2D eigenvalue weighted by Gasteiger charge is -2.24. The van der Waals surface area contributed by atoms with E-state index in [2.05, 4.69) is 5.32 Å².